The number of carbonyl (C=O) groups is 1. The number of fused-ring (bicyclic) bond motifs is 5. The van der Waals surface area contributed by atoms with E-state index in [1.54, 1.807) is 14.2 Å². The van der Waals surface area contributed by atoms with Crippen LogP contribution in [-0.2, 0) is 9.63 Å². The SMILES string of the molecule is CON(C)C(=O)[C@H]1CCC2C3CCC4CC(C)CCC4C3CCC21C. The average molecular weight is 348 g/mol. The lowest BCUT2D eigenvalue weighted by atomic mass is 9.49. The summed E-state index contributed by atoms with van der Waals surface area (Å²) in [5.74, 6) is 5.95. The monoisotopic (exact) mass is 347 g/mol. The molecule has 0 saturated heterocycles. The number of hydroxylamine groups is 2. The molecule has 4 fully saturated rings. The molecule has 0 spiro atoms. The van der Waals surface area contributed by atoms with Crippen molar-refractivity contribution in [3.05, 3.63) is 0 Å². The minimum atomic E-state index is 0.174. The van der Waals surface area contributed by atoms with Gasteiger partial charge in [-0.3, -0.25) is 9.63 Å². The van der Waals surface area contributed by atoms with Crippen LogP contribution >= 0.6 is 0 Å². The van der Waals surface area contributed by atoms with E-state index in [4.69, 9.17) is 4.84 Å². The van der Waals surface area contributed by atoms with Gasteiger partial charge in [-0.05, 0) is 92.3 Å². The minimum absolute atomic E-state index is 0.174. The summed E-state index contributed by atoms with van der Waals surface area (Å²) in [6.07, 6.45) is 12.3. The summed E-state index contributed by atoms with van der Waals surface area (Å²) in [5, 5.41) is 1.48. The van der Waals surface area contributed by atoms with Gasteiger partial charge in [0.15, 0.2) is 0 Å². The van der Waals surface area contributed by atoms with Crippen molar-refractivity contribution in [3.63, 3.8) is 0 Å². The van der Waals surface area contributed by atoms with Crippen LogP contribution in [0.15, 0.2) is 0 Å². The zero-order valence-electron chi connectivity index (χ0n) is 16.7. The fourth-order valence-corrected chi connectivity index (χ4v) is 7.80. The normalized spacial score (nSPS) is 49.0. The van der Waals surface area contributed by atoms with E-state index in [1.807, 2.05) is 0 Å². The van der Waals surface area contributed by atoms with Gasteiger partial charge in [0, 0.05) is 13.0 Å². The molecule has 0 aromatic rings. The van der Waals surface area contributed by atoms with Crippen LogP contribution in [0.25, 0.3) is 0 Å². The smallest absolute Gasteiger partial charge is 0.249 e. The fraction of sp³-hybridized carbons (Fsp3) is 0.955. The first-order valence-corrected chi connectivity index (χ1v) is 10.8. The molecule has 4 saturated carbocycles. The topological polar surface area (TPSA) is 29.5 Å². The van der Waals surface area contributed by atoms with Crippen LogP contribution in [0, 0.1) is 46.8 Å². The van der Waals surface area contributed by atoms with Crippen LogP contribution in [0.2, 0.25) is 0 Å². The maximum atomic E-state index is 12.9. The molecule has 0 aromatic carbocycles. The van der Waals surface area contributed by atoms with Gasteiger partial charge < -0.3 is 0 Å². The molecule has 4 rings (SSSR count). The highest BCUT2D eigenvalue weighted by Crippen LogP contribution is 2.64. The Morgan fingerprint density at radius 3 is 2.52 bits per heavy atom. The van der Waals surface area contributed by atoms with E-state index in [-0.39, 0.29) is 17.2 Å². The van der Waals surface area contributed by atoms with E-state index in [2.05, 4.69) is 13.8 Å². The molecule has 4 aliphatic rings. The third-order valence-electron chi connectivity index (χ3n) is 9.10. The lowest BCUT2D eigenvalue weighted by Crippen LogP contribution is -2.50. The minimum Gasteiger partial charge on any atom is -0.275 e. The number of carbonyl (C=O) groups excluding carboxylic acids is 1. The molecule has 25 heavy (non-hydrogen) atoms. The quantitative estimate of drug-likeness (QED) is 0.664. The first-order chi connectivity index (χ1) is 12.0. The number of nitrogens with zero attached hydrogens (tertiary/aromatic N) is 1. The molecule has 1 amide bonds. The molecule has 0 aromatic heterocycles. The van der Waals surface area contributed by atoms with Crippen molar-refractivity contribution in [1.82, 2.24) is 5.06 Å². The number of hydrogen-bond donors (Lipinski definition) is 0. The van der Waals surface area contributed by atoms with Gasteiger partial charge in [-0.2, -0.15) is 0 Å². The van der Waals surface area contributed by atoms with E-state index >= 15 is 0 Å². The predicted molar refractivity (Wildman–Crippen MR) is 99.5 cm³/mol. The molecule has 7 unspecified atom stereocenters. The van der Waals surface area contributed by atoms with Crippen molar-refractivity contribution in [3.8, 4) is 0 Å². The van der Waals surface area contributed by atoms with Crippen LogP contribution < -0.4 is 0 Å². The maximum absolute atomic E-state index is 12.9. The molecule has 4 aliphatic carbocycles. The summed E-state index contributed by atoms with van der Waals surface area (Å²) in [6, 6.07) is 0. The first kappa shape index (κ1) is 17.8. The summed E-state index contributed by atoms with van der Waals surface area (Å²) in [4.78, 5) is 18.1. The van der Waals surface area contributed by atoms with Gasteiger partial charge >= 0.3 is 0 Å². The Morgan fingerprint density at radius 2 is 1.76 bits per heavy atom. The Balaban J connectivity index is 1.53. The second-order valence-electron chi connectivity index (χ2n) is 10.0. The van der Waals surface area contributed by atoms with E-state index in [9.17, 15) is 4.79 Å². The molecule has 142 valence electrons. The lowest BCUT2D eigenvalue weighted by Gasteiger charge is -2.56. The van der Waals surface area contributed by atoms with Crippen molar-refractivity contribution in [2.45, 2.75) is 71.6 Å². The highest BCUT2D eigenvalue weighted by molar-refractivity contribution is 5.79. The van der Waals surface area contributed by atoms with Crippen LogP contribution in [0.1, 0.15) is 71.6 Å². The van der Waals surface area contributed by atoms with Gasteiger partial charge in [0.2, 0.25) is 5.91 Å². The molecule has 0 bridgehead atoms. The van der Waals surface area contributed by atoms with Crippen molar-refractivity contribution < 1.29 is 9.63 Å². The van der Waals surface area contributed by atoms with Crippen LogP contribution in [0.3, 0.4) is 0 Å². The third-order valence-corrected chi connectivity index (χ3v) is 9.10. The van der Waals surface area contributed by atoms with Crippen molar-refractivity contribution in [2.75, 3.05) is 14.2 Å². The lowest BCUT2D eigenvalue weighted by molar-refractivity contribution is -0.179. The van der Waals surface area contributed by atoms with E-state index in [0.29, 0.717) is 0 Å². The summed E-state index contributed by atoms with van der Waals surface area (Å²) in [7, 11) is 3.38. The zero-order valence-corrected chi connectivity index (χ0v) is 16.7. The van der Waals surface area contributed by atoms with Gasteiger partial charge in [-0.25, -0.2) is 5.06 Å². The first-order valence-electron chi connectivity index (χ1n) is 10.8. The van der Waals surface area contributed by atoms with Crippen LogP contribution in [-0.4, -0.2) is 25.1 Å². The molecule has 0 heterocycles. The van der Waals surface area contributed by atoms with Crippen molar-refractivity contribution in [2.24, 2.45) is 46.8 Å². The molecule has 8 atom stereocenters. The van der Waals surface area contributed by atoms with Crippen molar-refractivity contribution in [1.29, 1.82) is 0 Å². The molecule has 0 radical (unpaired) electrons. The van der Waals surface area contributed by atoms with E-state index in [1.165, 1.54) is 56.4 Å². The molecule has 3 nitrogen and oxygen atoms in total. The van der Waals surface area contributed by atoms with Gasteiger partial charge in [0.05, 0.1) is 7.11 Å². The Hall–Kier alpha value is -0.570. The number of amides is 1. The van der Waals surface area contributed by atoms with Gasteiger partial charge in [-0.15, -0.1) is 0 Å². The Morgan fingerprint density at radius 1 is 1.00 bits per heavy atom. The highest BCUT2D eigenvalue weighted by Gasteiger charge is 2.58. The Kier molecular flexibility index (Phi) is 4.67. The average Bonchev–Trinajstić information content (AvgIpc) is 2.97. The predicted octanol–water partition coefficient (Wildman–Crippen LogP) is 4.91. The van der Waals surface area contributed by atoms with Crippen molar-refractivity contribution >= 4 is 5.91 Å². The number of rotatable bonds is 2. The number of hydrogen-bond acceptors (Lipinski definition) is 2. The van der Waals surface area contributed by atoms with Crippen LogP contribution in [0.5, 0.6) is 0 Å². The maximum Gasteiger partial charge on any atom is 0.249 e. The Labute approximate surface area is 153 Å². The molecular formula is C22H37NO2. The van der Waals surface area contributed by atoms with Gasteiger partial charge in [-0.1, -0.05) is 20.3 Å². The highest BCUT2D eigenvalue weighted by atomic mass is 16.7. The molecule has 3 heteroatoms. The third kappa shape index (κ3) is 2.76. The summed E-state index contributed by atoms with van der Waals surface area (Å²) >= 11 is 0. The molecule has 0 aliphatic heterocycles. The molecule has 0 N–H and O–H groups in total. The van der Waals surface area contributed by atoms with E-state index < -0.39 is 0 Å². The molecular weight excluding hydrogens is 310 g/mol. The summed E-state index contributed by atoms with van der Waals surface area (Å²) in [5.41, 5.74) is 0.208. The second-order valence-corrected chi connectivity index (χ2v) is 10.0. The Bertz CT molecular complexity index is 520. The van der Waals surface area contributed by atoms with Crippen LogP contribution in [0.4, 0.5) is 0 Å². The second kappa shape index (κ2) is 6.55. The summed E-state index contributed by atoms with van der Waals surface area (Å²) in [6.45, 7) is 4.89. The van der Waals surface area contributed by atoms with Gasteiger partial charge in [0.25, 0.3) is 0 Å². The fourth-order valence-electron chi connectivity index (χ4n) is 7.80. The summed E-state index contributed by atoms with van der Waals surface area (Å²) < 4.78 is 0. The standard InChI is InChI=1S/C22H37NO2/c1-14-5-7-16-15(13-14)6-8-18-17(16)11-12-22(2)19(18)9-10-20(22)21(24)23(3)25-4/h14-20H,5-13H2,1-4H3/t14?,15?,16?,17?,18?,19?,20-,22?/m1/s1. The largest absolute Gasteiger partial charge is 0.275 e. The zero-order chi connectivity index (χ0) is 17.8. The van der Waals surface area contributed by atoms with E-state index in [0.717, 1.165) is 41.9 Å². The van der Waals surface area contributed by atoms with Gasteiger partial charge in [0.1, 0.15) is 0 Å².